The van der Waals surface area contributed by atoms with E-state index in [1.807, 2.05) is 49.4 Å². The highest BCUT2D eigenvalue weighted by atomic mass is 32.1. The Morgan fingerprint density at radius 3 is 2.52 bits per heavy atom. The first-order valence-electron chi connectivity index (χ1n) is 8.63. The number of para-hydroxylation sites is 2. The van der Waals surface area contributed by atoms with Crippen molar-refractivity contribution in [3.05, 3.63) is 87.5 Å². The Labute approximate surface area is 162 Å². The molecule has 2 aromatic carbocycles. The van der Waals surface area contributed by atoms with Crippen LogP contribution in [-0.2, 0) is 0 Å². The van der Waals surface area contributed by atoms with E-state index in [1.165, 1.54) is 11.6 Å². The fraction of sp³-hybridized carbons (Fsp3) is 0.136. The number of nitro benzene ring substituents is 1. The van der Waals surface area contributed by atoms with Gasteiger partial charge in [-0.25, -0.2) is 4.98 Å². The second-order valence-corrected chi connectivity index (χ2v) is 7.27. The maximum absolute atomic E-state index is 11.4. The Hall–Kier alpha value is -3.05. The van der Waals surface area contributed by atoms with Gasteiger partial charge in [0.05, 0.1) is 20.7 Å². The molecule has 0 spiro atoms. The number of hydrogen-bond acceptors (Lipinski definition) is 4. The van der Waals surface area contributed by atoms with E-state index in [0.29, 0.717) is 5.56 Å². The first-order chi connectivity index (χ1) is 13.0. The van der Waals surface area contributed by atoms with E-state index in [9.17, 15) is 10.1 Å². The van der Waals surface area contributed by atoms with Crippen molar-refractivity contribution < 1.29 is 4.92 Å². The van der Waals surface area contributed by atoms with Crippen LogP contribution in [0.4, 0.5) is 5.69 Å². The van der Waals surface area contributed by atoms with Crippen LogP contribution in [0.5, 0.6) is 0 Å². The Morgan fingerprint density at radius 1 is 1.07 bits per heavy atom. The van der Waals surface area contributed by atoms with Gasteiger partial charge in [0.2, 0.25) is 0 Å². The number of rotatable bonds is 5. The summed E-state index contributed by atoms with van der Waals surface area (Å²) in [4.78, 5) is 16.0. The van der Waals surface area contributed by atoms with Crippen molar-refractivity contribution in [2.45, 2.75) is 20.8 Å². The van der Waals surface area contributed by atoms with Gasteiger partial charge >= 0.3 is 0 Å². The SMILES string of the molecule is C/C=C\C=C/C(=C(C)C)c1nc2c(-c3ccccc3[N+](=O)[O-])cccc2s1. The van der Waals surface area contributed by atoms with Crippen molar-refractivity contribution in [2.24, 2.45) is 0 Å². The predicted octanol–water partition coefficient (Wildman–Crippen LogP) is 6.80. The average molecular weight is 376 g/mol. The zero-order valence-corrected chi connectivity index (χ0v) is 16.3. The van der Waals surface area contributed by atoms with E-state index >= 15 is 0 Å². The molecule has 0 aliphatic rings. The fourth-order valence-corrected chi connectivity index (χ4v) is 3.98. The summed E-state index contributed by atoms with van der Waals surface area (Å²) in [6.07, 6.45) is 8.01. The van der Waals surface area contributed by atoms with Gasteiger partial charge in [0, 0.05) is 17.2 Å². The van der Waals surface area contributed by atoms with Crippen LogP contribution in [0, 0.1) is 10.1 Å². The molecule has 0 amide bonds. The van der Waals surface area contributed by atoms with Crippen LogP contribution in [0.25, 0.3) is 26.9 Å². The standard InChI is InChI=1S/C22H20N2O2S/c1-4-5-6-10-16(15(2)3)22-23-21-18(12-9-14-20(21)27-22)17-11-7-8-13-19(17)24(25)26/h4-14H,1-3H3/b5-4-,10-6-. The van der Waals surface area contributed by atoms with Crippen LogP contribution in [0.3, 0.4) is 0 Å². The summed E-state index contributed by atoms with van der Waals surface area (Å²) in [5.74, 6) is 0. The molecule has 27 heavy (non-hydrogen) atoms. The second kappa shape index (κ2) is 8.10. The van der Waals surface area contributed by atoms with Crippen molar-refractivity contribution in [1.29, 1.82) is 0 Å². The molecule has 4 nitrogen and oxygen atoms in total. The predicted molar refractivity (Wildman–Crippen MR) is 114 cm³/mol. The number of fused-ring (bicyclic) bond motifs is 1. The van der Waals surface area contributed by atoms with E-state index < -0.39 is 0 Å². The van der Waals surface area contributed by atoms with E-state index in [0.717, 1.165) is 26.4 Å². The third-order valence-corrected chi connectivity index (χ3v) is 5.20. The number of nitrogens with zero attached hydrogens (tertiary/aromatic N) is 2. The lowest BCUT2D eigenvalue weighted by molar-refractivity contribution is -0.384. The van der Waals surface area contributed by atoms with E-state index in [4.69, 9.17) is 4.98 Å². The van der Waals surface area contributed by atoms with Crippen LogP contribution in [0.2, 0.25) is 0 Å². The molecular weight excluding hydrogens is 356 g/mol. The molecule has 1 heterocycles. The summed E-state index contributed by atoms with van der Waals surface area (Å²) in [6, 6.07) is 12.6. The van der Waals surface area contributed by atoms with Crippen molar-refractivity contribution in [2.75, 3.05) is 0 Å². The third kappa shape index (κ3) is 3.88. The Morgan fingerprint density at radius 2 is 1.81 bits per heavy atom. The lowest BCUT2D eigenvalue weighted by atomic mass is 10.0. The minimum Gasteiger partial charge on any atom is -0.258 e. The van der Waals surface area contributed by atoms with Crippen molar-refractivity contribution in [3.8, 4) is 11.1 Å². The van der Waals surface area contributed by atoms with E-state index in [2.05, 4.69) is 19.9 Å². The molecule has 3 rings (SSSR count). The molecule has 1 aromatic heterocycles. The molecule has 0 aliphatic carbocycles. The van der Waals surface area contributed by atoms with Crippen LogP contribution in [0.15, 0.2) is 72.3 Å². The van der Waals surface area contributed by atoms with Crippen molar-refractivity contribution >= 4 is 32.8 Å². The monoisotopic (exact) mass is 376 g/mol. The van der Waals surface area contributed by atoms with Gasteiger partial charge in [0.15, 0.2) is 0 Å². The highest BCUT2D eigenvalue weighted by molar-refractivity contribution is 7.19. The number of nitro groups is 1. The summed E-state index contributed by atoms with van der Waals surface area (Å²) in [7, 11) is 0. The molecule has 0 bridgehead atoms. The third-order valence-electron chi connectivity index (χ3n) is 4.15. The molecule has 0 aliphatic heterocycles. The molecule has 0 atom stereocenters. The normalized spacial score (nSPS) is 11.5. The lowest BCUT2D eigenvalue weighted by Gasteiger charge is -2.04. The molecule has 0 unspecified atom stereocenters. The Balaban J connectivity index is 2.20. The number of allylic oxidation sites excluding steroid dienone is 6. The molecule has 3 aromatic rings. The maximum Gasteiger partial charge on any atom is 0.277 e. The molecule has 5 heteroatoms. The maximum atomic E-state index is 11.4. The molecule has 0 saturated carbocycles. The zero-order chi connectivity index (χ0) is 19.4. The van der Waals surface area contributed by atoms with E-state index in [1.54, 1.807) is 23.5 Å². The second-order valence-electron chi connectivity index (χ2n) is 6.24. The van der Waals surface area contributed by atoms with Crippen LogP contribution in [0.1, 0.15) is 25.8 Å². The van der Waals surface area contributed by atoms with Crippen molar-refractivity contribution in [3.63, 3.8) is 0 Å². The molecule has 0 radical (unpaired) electrons. The number of thiazole rings is 1. The van der Waals surface area contributed by atoms with E-state index in [-0.39, 0.29) is 10.6 Å². The van der Waals surface area contributed by atoms with Gasteiger partial charge < -0.3 is 0 Å². The quantitative estimate of drug-likeness (QED) is 0.279. The minimum atomic E-state index is -0.344. The van der Waals surface area contributed by atoms with Gasteiger partial charge in [-0.15, -0.1) is 11.3 Å². The molecule has 0 fully saturated rings. The van der Waals surface area contributed by atoms with Gasteiger partial charge in [0.1, 0.15) is 5.01 Å². The largest absolute Gasteiger partial charge is 0.277 e. The highest BCUT2D eigenvalue weighted by Gasteiger charge is 2.18. The van der Waals surface area contributed by atoms with Crippen molar-refractivity contribution in [1.82, 2.24) is 4.98 Å². The summed E-state index contributed by atoms with van der Waals surface area (Å²) < 4.78 is 1.01. The number of hydrogen-bond donors (Lipinski definition) is 0. The lowest BCUT2D eigenvalue weighted by Crippen LogP contribution is -1.92. The smallest absolute Gasteiger partial charge is 0.258 e. The van der Waals surface area contributed by atoms with Crippen LogP contribution in [-0.4, -0.2) is 9.91 Å². The molecule has 136 valence electrons. The molecule has 0 saturated heterocycles. The Kier molecular flexibility index (Phi) is 5.62. The average Bonchev–Trinajstić information content (AvgIpc) is 3.08. The van der Waals surface area contributed by atoms with Gasteiger partial charge in [-0.05, 0) is 32.9 Å². The number of benzene rings is 2. The topological polar surface area (TPSA) is 56.0 Å². The first kappa shape index (κ1) is 18.7. The van der Waals surface area contributed by atoms with Gasteiger partial charge in [-0.1, -0.05) is 54.1 Å². The summed E-state index contributed by atoms with van der Waals surface area (Å²) in [5, 5.41) is 12.4. The summed E-state index contributed by atoms with van der Waals surface area (Å²) in [5.41, 5.74) is 4.51. The summed E-state index contributed by atoms with van der Waals surface area (Å²) >= 11 is 1.60. The van der Waals surface area contributed by atoms with Crippen LogP contribution >= 0.6 is 11.3 Å². The van der Waals surface area contributed by atoms with Gasteiger partial charge in [-0.2, -0.15) is 0 Å². The van der Waals surface area contributed by atoms with Gasteiger partial charge in [-0.3, -0.25) is 10.1 Å². The Bertz CT molecular complexity index is 1090. The van der Waals surface area contributed by atoms with Crippen LogP contribution < -0.4 is 0 Å². The highest BCUT2D eigenvalue weighted by Crippen LogP contribution is 2.38. The molecular formula is C22H20N2O2S. The zero-order valence-electron chi connectivity index (χ0n) is 15.5. The van der Waals surface area contributed by atoms with Gasteiger partial charge in [0.25, 0.3) is 5.69 Å². The number of aromatic nitrogens is 1. The summed E-state index contributed by atoms with van der Waals surface area (Å²) in [6.45, 7) is 6.10. The minimum absolute atomic E-state index is 0.0926. The first-order valence-corrected chi connectivity index (χ1v) is 9.45. The molecule has 0 N–H and O–H groups in total. The fourth-order valence-electron chi connectivity index (χ4n) is 2.86.